The Hall–Kier alpha value is -2.32. The van der Waals surface area contributed by atoms with Crippen LogP contribution in [0.4, 0.5) is 17.6 Å². The molecule has 0 bridgehead atoms. The number of halogens is 4. The van der Waals surface area contributed by atoms with E-state index >= 15 is 0 Å². The summed E-state index contributed by atoms with van der Waals surface area (Å²) in [5.74, 6) is -16.4. The van der Waals surface area contributed by atoms with E-state index in [1.165, 1.54) is 12.1 Å². The molecule has 0 aliphatic carbocycles. The number of carbonyl (C=O) groups is 2. The lowest BCUT2D eigenvalue weighted by Gasteiger charge is -2.20. The molecule has 0 unspecified atom stereocenters. The second-order valence-corrected chi connectivity index (χ2v) is 3.75. The summed E-state index contributed by atoms with van der Waals surface area (Å²) in [5.41, 5.74) is 0. The monoisotopic (exact) mass is 310 g/mol. The Morgan fingerprint density at radius 2 is 1.57 bits per heavy atom. The summed E-state index contributed by atoms with van der Waals surface area (Å²) in [7, 11) is 0. The van der Waals surface area contributed by atoms with Gasteiger partial charge in [0.1, 0.15) is 19.0 Å². The number of carbonyl (C=O) groups excluding carboxylic acids is 1. The van der Waals surface area contributed by atoms with Crippen LogP contribution in [0.2, 0.25) is 0 Å². The summed E-state index contributed by atoms with van der Waals surface area (Å²) < 4.78 is 60.1. The number of alkyl halides is 4. The maximum absolute atomic E-state index is 12.9. The van der Waals surface area contributed by atoms with Crippen LogP contribution in [0.5, 0.6) is 5.75 Å². The number of hydrogen-bond acceptors (Lipinski definition) is 4. The molecule has 0 atom stereocenters. The summed E-state index contributed by atoms with van der Waals surface area (Å²) in [5, 5.41) is 7.98. The van der Waals surface area contributed by atoms with Crippen molar-refractivity contribution in [1.82, 2.24) is 0 Å². The van der Waals surface area contributed by atoms with E-state index in [2.05, 4.69) is 4.74 Å². The van der Waals surface area contributed by atoms with Crippen LogP contribution in [0, 0.1) is 0 Å². The molecule has 0 aliphatic heterocycles. The predicted octanol–water partition coefficient (Wildman–Crippen LogP) is 1.96. The van der Waals surface area contributed by atoms with Crippen LogP contribution in [0.1, 0.15) is 0 Å². The van der Waals surface area contributed by atoms with Crippen molar-refractivity contribution in [3.63, 3.8) is 0 Å². The molecule has 116 valence electrons. The lowest BCUT2D eigenvalue weighted by atomic mass is 10.2. The average Bonchev–Trinajstić information content (AvgIpc) is 2.44. The highest BCUT2D eigenvalue weighted by molar-refractivity contribution is 5.89. The van der Waals surface area contributed by atoms with E-state index in [9.17, 15) is 27.2 Å². The molecule has 1 aromatic rings. The first-order valence-electron chi connectivity index (χ1n) is 5.53. The number of ether oxygens (including phenoxy) is 2. The van der Waals surface area contributed by atoms with E-state index < -0.39 is 30.4 Å². The van der Waals surface area contributed by atoms with Crippen LogP contribution < -0.4 is 4.74 Å². The standard InChI is InChI=1S/C12H10F4O5/c13-11(14,9(17)18)12(15,16)10(19)21-7-6-20-8-4-2-1-3-5-8/h1-5H,6-7H2,(H,17,18). The summed E-state index contributed by atoms with van der Waals surface area (Å²) in [4.78, 5) is 20.9. The topological polar surface area (TPSA) is 72.8 Å². The number of benzene rings is 1. The molecular weight excluding hydrogens is 300 g/mol. The summed E-state index contributed by atoms with van der Waals surface area (Å²) in [6, 6.07) is 8.03. The molecule has 21 heavy (non-hydrogen) atoms. The van der Waals surface area contributed by atoms with Crippen LogP contribution in [-0.2, 0) is 14.3 Å². The molecular formula is C12H10F4O5. The zero-order valence-corrected chi connectivity index (χ0v) is 10.4. The molecule has 1 N–H and O–H groups in total. The fraction of sp³-hybridized carbons (Fsp3) is 0.333. The Kier molecular flexibility index (Phi) is 5.12. The second-order valence-electron chi connectivity index (χ2n) is 3.75. The maximum Gasteiger partial charge on any atom is 0.415 e. The highest BCUT2D eigenvalue weighted by atomic mass is 19.3. The third-order valence-corrected chi connectivity index (χ3v) is 2.25. The molecule has 1 rings (SSSR count). The molecule has 0 fully saturated rings. The van der Waals surface area contributed by atoms with Crippen LogP contribution in [-0.4, -0.2) is 42.1 Å². The zero-order chi connectivity index (χ0) is 16.1. The van der Waals surface area contributed by atoms with Crippen molar-refractivity contribution in [3.05, 3.63) is 30.3 Å². The van der Waals surface area contributed by atoms with E-state index in [4.69, 9.17) is 9.84 Å². The normalized spacial score (nSPS) is 11.8. The molecule has 0 aromatic heterocycles. The van der Waals surface area contributed by atoms with Crippen molar-refractivity contribution in [2.75, 3.05) is 13.2 Å². The predicted molar refractivity (Wildman–Crippen MR) is 60.4 cm³/mol. The van der Waals surface area contributed by atoms with Gasteiger partial charge in [0.2, 0.25) is 0 Å². The number of para-hydroxylation sites is 1. The SMILES string of the molecule is O=C(O)C(F)(F)C(F)(F)C(=O)OCCOc1ccccc1. The first kappa shape index (κ1) is 16.7. The van der Waals surface area contributed by atoms with Gasteiger partial charge in [0, 0.05) is 0 Å². The molecule has 0 saturated heterocycles. The lowest BCUT2D eigenvalue weighted by molar-refractivity contribution is -0.235. The van der Waals surface area contributed by atoms with Gasteiger partial charge in [0.25, 0.3) is 0 Å². The summed E-state index contributed by atoms with van der Waals surface area (Å²) in [6.07, 6.45) is 0. The fourth-order valence-electron chi connectivity index (χ4n) is 1.16. The Morgan fingerprint density at radius 3 is 2.10 bits per heavy atom. The Morgan fingerprint density at radius 1 is 1.00 bits per heavy atom. The van der Waals surface area contributed by atoms with Crippen molar-refractivity contribution in [1.29, 1.82) is 0 Å². The lowest BCUT2D eigenvalue weighted by Crippen LogP contribution is -2.53. The first-order valence-corrected chi connectivity index (χ1v) is 5.53. The number of rotatable bonds is 7. The number of carboxylic acid groups (broad SMARTS) is 1. The van der Waals surface area contributed by atoms with E-state index in [0.717, 1.165) is 0 Å². The Balaban J connectivity index is 2.48. The van der Waals surface area contributed by atoms with E-state index in [1.807, 2.05) is 0 Å². The molecule has 1 aromatic carbocycles. The van der Waals surface area contributed by atoms with Crippen LogP contribution >= 0.6 is 0 Å². The molecule has 0 aliphatic rings. The van der Waals surface area contributed by atoms with Gasteiger partial charge in [0.05, 0.1) is 0 Å². The minimum absolute atomic E-state index is 0.357. The van der Waals surface area contributed by atoms with Crippen molar-refractivity contribution < 1.29 is 41.7 Å². The van der Waals surface area contributed by atoms with E-state index in [-0.39, 0.29) is 6.61 Å². The van der Waals surface area contributed by atoms with Crippen molar-refractivity contribution in [2.45, 2.75) is 11.8 Å². The molecule has 0 heterocycles. The van der Waals surface area contributed by atoms with E-state index in [1.54, 1.807) is 18.2 Å². The minimum atomic E-state index is -5.55. The fourth-order valence-corrected chi connectivity index (χ4v) is 1.16. The highest BCUT2D eigenvalue weighted by Gasteiger charge is 2.68. The van der Waals surface area contributed by atoms with Crippen molar-refractivity contribution in [3.8, 4) is 5.75 Å². The van der Waals surface area contributed by atoms with Gasteiger partial charge in [-0.25, -0.2) is 9.59 Å². The number of esters is 1. The number of aliphatic carboxylic acids is 1. The Bertz CT molecular complexity index is 504. The highest BCUT2D eigenvalue weighted by Crippen LogP contribution is 2.35. The average molecular weight is 310 g/mol. The molecule has 0 spiro atoms. The van der Waals surface area contributed by atoms with Gasteiger partial charge in [0.15, 0.2) is 0 Å². The molecule has 9 heteroatoms. The molecule has 0 saturated carbocycles. The summed E-state index contributed by atoms with van der Waals surface area (Å²) in [6.45, 7) is -1.09. The third kappa shape index (κ3) is 3.83. The molecule has 5 nitrogen and oxygen atoms in total. The minimum Gasteiger partial charge on any atom is -0.490 e. The zero-order valence-electron chi connectivity index (χ0n) is 10.4. The van der Waals surface area contributed by atoms with E-state index in [0.29, 0.717) is 5.75 Å². The molecule has 0 amide bonds. The number of hydrogen-bond donors (Lipinski definition) is 1. The molecule has 0 radical (unpaired) electrons. The second kappa shape index (κ2) is 6.42. The largest absolute Gasteiger partial charge is 0.490 e. The van der Waals surface area contributed by atoms with Crippen molar-refractivity contribution in [2.24, 2.45) is 0 Å². The number of carboxylic acids is 1. The smallest absolute Gasteiger partial charge is 0.415 e. The Labute approximate surface area is 116 Å². The maximum atomic E-state index is 12.9. The third-order valence-electron chi connectivity index (χ3n) is 2.25. The van der Waals surface area contributed by atoms with Gasteiger partial charge in [-0.15, -0.1) is 0 Å². The van der Waals surface area contributed by atoms with Gasteiger partial charge >= 0.3 is 23.8 Å². The van der Waals surface area contributed by atoms with Gasteiger partial charge < -0.3 is 14.6 Å². The van der Waals surface area contributed by atoms with Gasteiger partial charge in [-0.05, 0) is 12.1 Å². The van der Waals surface area contributed by atoms with Gasteiger partial charge in [-0.3, -0.25) is 0 Å². The van der Waals surface area contributed by atoms with Crippen molar-refractivity contribution >= 4 is 11.9 Å². The summed E-state index contributed by atoms with van der Waals surface area (Å²) >= 11 is 0. The van der Waals surface area contributed by atoms with Crippen LogP contribution in [0.25, 0.3) is 0 Å². The first-order chi connectivity index (χ1) is 9.69. The van der Waals surface area contributed by atoms with Crippen LogP contribution in [0.15, 0.2) is 30.3 Å². The quantitative estimate of drug-likeness (QED) is 0.473. The van der Waals surface area contributed by atoms with Gasteiger partial charge in [-0.1, -0.05) is 18.2 Å². The van der Waals surface area contributed by atoms with Gasteiger partial charge in [-0.2, -0.15) is 17.6 Å². The van der Waals surface area contributed by atoms with Crippen LogP contribution in [0.3, 0.4) is 0 Å².